The van der Waals surface area contributed by atoms with E-state index in [2.05, 4.69) is 4.98 Å². The van der Waals surface area contributed by atoms with Gasteiger partial charge in [-0.15, -0.1) is 0 Å². The van der Waals surface area contributed by atoms with Crippen molar-refractivity contribution in [2.24, 2.45) is 10.7 Å². The van der Waals surface area contributed by atoms with Gasteiger partial charge in [0.05, 0.1) is 6.61 Å². The third-order valence-electron chi connectivity index (χ3n) is 5.06. The van der Waals surface area contributed by atoms with Crippen molar-refractivity contribution in [3.63, 3.8) is 0 Å². The summed E-state index contributed by atoms with van der Waals surface area (Å²) in [6.45, 7) is 0.410. The first kappa shape index (κ1) is 15.8. The van der Waals surface area contributed by atoms with Crippen molar-refractivity contribution in [1.82, 2.24) is 4.98 Å². The van der Waals surface area contributed by atoms with Crippen LogP contribution in [0.5, 0.6) is 11.5 Å². The molecule has 1 spiro atoms. The predicted molar refractivity (Wildman–Crippen MR) is 99.1 cm³/mol. The zero-order valence-electron chi connectivity index (χ0n) is 14.4. The fourth-order valence-electron chi connectivity index (χ4n) is 3.96. The normalized spacial score (nSPS) is 20.1. The van der Waals surface area contributed by atoms with Crippen LogP contribution in [0.1, 0.15) is 17.5 Å². The van der Waals surface area contributed by atoms with Crippen LogP contribution in [0.25, 0.3) is 11.1 Å². The third kappa shape index (κ3) is 2.30. The molecule has 0 fully saturated rings. The number of rotatable bonds is 1. The number of aliphatic imine (C=N–C) groups is 1. The molecule has 5 nitrogen and oxygen atoms in total. The van der Waals surface area contributed by atoms with Crippen molar-refractivity contribution < 1.29 is 13.9 Å². The fourth-order valence-corrected chi connectivity index (χ4v) is 3.96. The molecular weight excluding hydrogens is 345 g/mol. The molecule has 1 aromatic heterocycles. The average molecular weight is 361 g/mol. The third-order valence-corrected chi connectivity index (χ3v) is 5.06. The van der Waals surface area contributed by atoms with Crippen LogP contribution in [0.3, 0.4) is 0 Å². The number of aromatic nitrogens is 1. The smallest absolute Gasteiger partial charge is 0.283 e. The maximum Gasteiger partial charge on any atom is 0.283 e. The van der Waals surface area contributed by atoms with E-state index in [0.29, 0.717) is 35.7 Å². The molecule has 3 heterocycles. The number of ether oxygens (including phenoxy) is 2. The summed E-state index contributed by atoms with van der Waals surface area (Å²) in [4.78, 5) is 8.53. The lowest BCUT2D eigenvalue weighted by Gasteiger charge is -2.40. The van der Waals surface area contributed by atoms with Gasteiger partial charge in [-0.25, -0.2) is 9.98 Å². The van der Waals surface area contributed by atoms with E-state index in [1.54, 1.807) is 12.1 Å². The SMILES string of the molecule is NC1=NC2(CCO1)c1ccccc1Oc1cccc(-c3cccnc3F)c12. The van der Waals surface area contributed by atoms with Crippen molar-refractivity contribution in [1.29, 1.82) is 0 Å². The molecule has 2 N–H and O–H groups in total. The van der Waals surface area contributed by atoms with Gasteiger partial charge in [0.2, 0.25) is 5.95 Å². The highest BCUT2D eigenvalue weighted by atomic mass is 19.1. The number of hydrogen-bond donors (Lipinski definition) is 1. The van der Waals surface area contributed by atoms with Gasteiger partial charge in [-0.2, -0.15) is 4.39 Å². The van der Waals surface area contributed by atoms with Crippen molar-refractivity contribution >= 4 is 6.02 Å². The van der Waals surface area contributed by atoms with Crippen LogP contribution in [-0.2, 0) is 10.3 Å². The Morgan fingerprint density at radius 1 is 0.963 bits per heavy atom. The Kier molecular flexibility index (Phi) is 3.40. The van der Waals surface area contributed by atoms with E-state index < -0.39 is 11.5 Å². The molecule has 1 atom stereocenters. The zero-order chi connectivity index (χ0) is 18.4. The molecule has 0 aliphatic carbocycles. The van der Waals surface area contributed by atoms with Crippen molar-refractivity contribution in [2.75, 3.05) is 6.61 Å². The van der Waals surface area contributed by atoms with Gasteiger partial charge in [0.15, 0.2) is 0 Å². The number of nitrogens with zero attached hydrogens (tertiary/aromatic N) is 2. The van der Waals surface area contributed by atoms with E-state index in [1.165, 1.54) is 6.20 Å². The Morgan fingerprint density at radius 3 is 2.63 bits per heavy atom. The van der Waals surface area contributed by atoms with Gasteiger partial charge in [0.1, 0.15) is 17.0 Å². The van der Waals surface area contributed by atoms with E-state index in [0.717, 1.165) is 11.1 Å². The van der Waals surface area contributed by atoms with Crippen LogP contribution in [-0.4, -0.2) is 17.6 Å². The quantitative estimate of drug-likeness (QED) is 0.666. The second-order valence-electron chi connectivity index (χ2n) is 6.53. The van der Waals surface area contributed by atoms with Gasteiger partial charge >= 0.3 is 0 Å². The van der Waals surface area contributed by atoms with Crippen molar-refractivity contribution in [3.05, 3.63) is 77.9 Å². The summed E-state index contributed by atoms with van der Waals surface area (Å²) in [5.74, 6) is 0.809. The number of para-hydroxylation sites is 1. The Balaban J connectivity index is 1.87. The molecule has 134 valence electrons. The zero-order valence-corrected chi connectivity index (χ0v) is 14.4. The number of amidine groups is 1. The van der Waals surface area contributed by atoms with E-state index in [-0.39, 0.29) is 6.02 Å². The highest BCUT2D eigenvalue weighted by Gasteiger charge is 2.46. The van der Waals surface area contributed by atoms with Gasteiger partial charge in [0.25, 0.3) is 6.02 Å². The first-order valence-corrected chi connectivity index (χ1v) is 8.69. The number of hydrogen-bond acceptors (Lipinski definition) is 5. The summed E-state index contributed by atoms with van der Waals surface area (Å²) in [5.41, 5.74) is 7.93. The number of benzene rings is 2. The first-order chi connectivity index (χ1) is 13.2. The van der Waals surface area contributed by atoms with Gasteiger partial charge in [-0.1, -0.05) is 30.3 Å². The highest BCUT2D eigenvalue weighted by Crippen LogP contribution is 2.54. The molecule has 3 aromatic rings. The Hall–Kier alpha value is -3.41. The number of nitrogens with two attached hydrogens (primary N) is 1. The fraction of sp³-hybridized carbons (Fsp3) is 0.143. The van der Waals surface area contributed by atoms with Crippen molar-refractivity contribution in [2.45, 2.75) is 12.0 Å². The lowest BCUT2D eigenvalue weighted by molar-refractivity contribution is 0.219. The molecule has 0 saturated carbocycles. The van der Waals surface area contributed by atoms with Crippen LogP contribution in [0, 0.1) is 5.95 Å². The maximum absolute atomic E-state index is 14.5. The van der Waals surface area contributed by atoms with E-state index in [4.69, 9.17) is 20.2 Å². The van der Waals surface area contributed by atoms with E-state index >= 15 is 0 Å². The summed E-state index contributed by atoms with van der Waals surface area (Å²) in [5, 5.41) is 0. The lowest BCUT2D eigenvalue weighted by Crippen LogP contribution is -2.39. The molecular formula is C21H16FN3O2. The molecule has 2 aromatic carbocycles. The predicted octanol–water partition coefficient (Wildman–Crippen LogP) is 3.97. The molecule has 6 heteroatoms. The van der Waals surface area contributed by atoms with E-state index in [1.807, 2.05) is 42.5 Å². The van der Waals surface area contributed by atoms with Crippen LogP contribution >= 0.6 is 0 Å². The van der Waals surface area contributed by atoms with Crippen molar-refractivity contribution in [3.8, 4) is 22.6 Å². The Morgan fingerprint density at radius 2 is 1.78 bits per heavy atom. The van der Waals surface area contributed by atoms with Gasteiger partial charge < -0.3 is 15.2 Å². The molecule has 5 rings (SSSR count). The maximum atomic E-state index is 14.5. The lowest BCUT2D eigenvalue weighted by atomic mass is 9.75. The summed E-state index contributed by atoms with van der Waals surface area (Å²) >= 11 is 0. The summed E-state index contributed by atoms with van der Waals surface area (Å²) in [7, 11) is 0. The number of pyridine rings is 1. The molecule has 2 aliphatic heterocycles. The molecule has 2 aliphatic rings. The minimum Gasteiger partial charge on any atom is -0.465 e. The minimum atomic E-state index is -0.800. The van der Waals surface area contributed by atoms with Gasteiger partial charge in [-0.3, -0.25) is 0 Å². The van der Waals surface area contributed by atoms with Crippen LogP contribution in [0.15, 0.2) is 65.8 Å². The topological polar surface area (TPSA) is 69.7 Å². The summed E-state index contributed by atoms with van der Waals surface area (Å²) in [6, 6.07) is 16.8. The number of fused-ring (bicyclic) bond motifs is 4. The largest absolute Gasteiger partial charge is 0.465 e. The Labute approximate surface area is 155 Å². The van der Waals surface area contributed by atoms with Gasteiger partial charge in [-0.05, 0) is 29.8 Å². The molecule has 0 saturated heterocycles. The summed E-state index contributed by atoms with van der Waals surface area (Å²) < 4.78 is 26.1. The average Bonchev–Trinajstić information content (AvgIpc) is 2.68. The van der Waals surface area contributed by atoms with Gasteiger partial charge in [0, 0.05) is 29.3 Å². The summed E-state index contributed by atoms with van der Waals surface area (Å²) in [6.07, 6.45) is 2.00. The molecule has 27 heavy (non-hydrogen) atoms. The van der Waals surface area contributed by atoms with E-state index in [9.17, 15) is 4.39 Å². The second-order valence-corrected chi connectivity index (χ2v) is 6.53. The minimum absolute atomic E-state index is 0.116. The molecule has 0 bridgehead atoms. The Bertz CT molecular complexity index is 1080. The monoisotopic (exact) mass is 361 g/mol. The molecule has 0 amide bonds. The van der Waals surface area contributed by atoms with Crippen LogP contribution in [0.4, 0.5) is 4.39 Å². The van der Waals surface area contributed by atoms with Crippen LogP contribution < -0.4 is 10.5 Å². The molecule has 1 unspecified atom stereocenters. The second kappa shape index (κ2) is 5.81. The first-order valence-electron chi connectivity index (χ1n) is 8.69. The molecule has 0 radical (unpaired) electrons. The number of halogens is 1. The standard InChI is InChI=1S/C21H16FN3O2/c22-19-14(6-4-11-24-19)13-5-3-9-17-18(13)21(10-12-26-20(23)25-21)15-7-1-2-8-16(15)27-17/h1-9,11H,10,12H2,(H2,23,25). The highest BCUT2D eigenvalue weighted by molar-refractivity contribution is 5.79. The van der Waals surface area contributed by atoms with Crippen LogP contribution in [0.2, 0.25) is 0 Å².